The SMILES string of the molecule is O=C1S/C(=C\c2cc(Br)ccc2OCc2cccc([N+](=O)[O-])c2)C(=O)N1Cc1ccccc1F. The molecule has 1 saturated heterocycles. The lowest BCUT2D eigenvalue weighted by atomic mass is 10.1. The highest BCUT2D eigenvalue weighted by molar-refractivity contribution is 9.10. The van der Waals surface area contributed by atoms with Gasteiger partial charge in [-0.05, 0) is 47.7 Å². The molecular weight excluding hydrogens is 527 g/mol. The van der Waals surface area contributed by atoms with Crippen molar-refractivity contribution < 1.29 is 23.6 Å². The molecule has 0 aliphatic carbocycles. The third kappa shape index (κ3) is 5.35. The molecule has 0 unspecified atom stereocenters. The summed E-state index contributed by atoms with van der Waals surface area (Å²) in [6.07, 6.45) is 1.54. The van der Waals surface area contributed by atoms with Crippen molar-refractivity contribution in [3.8, 4) is 5.75 Å². The van der Waals surface area contributed by atoms with Crippen molar-refractivity contribution in [2.45, 2.75) is 13.2 Å². The molecule has 1 fully saturated rings. The predicted molar refractivity (Wildman–Crippen MR) is 129 cm³/mol. The van der Waals surface area contributed by atoms with E-state index in [0.717, 1.165) is 21.1 Å². The minimum absolute atomic E-state index is 0.0411. The van der Waals surface area contributed by atoms with Gasteiger partial charge in [-0.2, -0.15) is 0 Å². The molecule has 0 N–H and O–H groups in total. The van der Waals surface area contributed by atoms with E-state index in [1.807, 2.05) is 0 Å². The molecule has 0 spiro atoms. The molecule has 7 nitrogen and oxygen atoms in total. The first-order valence-electron chi connectivity index (χ1n) is 9.96. The van der Waals surface area contributed by atoms with E-state index in [4.69, 9.17) is 4.74 Å². The monoisotopic (exact) mass is 542 g/mol. The summed E-state index contributed by atoms with van der Waals surface area (Å²) in [4.78, 5) is 37.0. The second-order valence-electron chi connectivity index (χ2n) is 7.26. The molecule has 0 saturated carbocycles. The maximum absolute atomic E-state index is 14.0. The van der Waals surface area contributed by atoms with E-state index < -0.39 is 21.9 Å². The van der Waals surface area contributed by atoms with Gasteiger partial charge in [-0.25, -0.2) is 4.39 Å². The lowest BCUT2D eigenvalue weighted by molar-refractivity contribution is -0.384. The van der Waals surface area contributed by atoms with Gasteiger partial charge in [0, 0.05) is 27.7 Å². The molecule has 0 bridgehead atoms. The number of thioether (sulfide) groups is 1. The zero-order valence-corrected chi connectivity index (χ0v) is 19.8. The minimum Gasteiger partial charge on any atom is -0.488 e. The topological polar surface area (TPSA) is 89.7 Å². The summed E-state index contributed by atoms with van der Waals surface area (Å²) >= 11 is 4.15. The van der Waals surface area contributed by atoms with E-state index in [1.165, 1.54) is 30.3 Å². The molecule has 1 aliphatic heterocycles. The number of amides is 2. The molecule has 3 aromatic carbocycles. The van der Waals surface area contributed by atoms with Gasteiger partial charge in [-0.3, -0.25) is 24.6 Å². The van der Waals surface area contributed by atoms with E-state index in [9.17, 15) is 24.1 Å². The van der Waals surface area contributed by atoms with Crippen LogP contribution in [0.1, 0.15) is 16.7 Å². The van der Waals surface area contributed by atoms with E-state index in [1.54, 1.807) is 42.5 Å². The molecule has 4 rings (SSSR count). The van der Waals surface area contributed by atoms with Crippen LogP contribution in [0.2, 0.25) is 0 Å². The van der Waals surface area contributed by atoms with Gasteiger partial charge in [0.25, 0.3) is 16.8 Å². The van der Waals surface area contributed by atoms with Crippen LogP contribution in [0.5, 0.6) is 5.75 Å². The molecule has 0 atom stereocenters. The summed E-state index contributed by atoms with van der Waals surface area (Å²) in [5, 5.41) is 10.5. The number of hydrogen-bond donors (Lipinski definition) is 0. The van der Waals surface area contributed by atoms with E-state index in [-0.39, 0.29) is 29.3 Å². The van der Waals surface area contributed by atoms with Crippen LogP contribution < -0.4 is 4.74 Å². The van der Waals surface area contributed by atoms with Crippen molar-refractivity contribution in [1.29, 1.82) is 0 Å². The van der Waals surface area contributed by atoms with Crippen molar-refractivity contribution in [1.82, 2.24) is 4.90 Å². The number of hydrogen-bond acceptors (Lipinski definition) is 6. The number of nitrogens with zero attached hydrogens (tertiary/aromatic N) is 2. The Balaban J connectivity index is 1.56. The van der Waals surface area contributed by atoms with Crippen LogP contribution in [0.4, 0.5) is 14.9 Å². The highest BCUT2D eigenvalue weighted by Gasteiger charge is 2.35. The number of nitro groups is 1. The van der Waals surface area contributed by atoms with Gasteiger partial charge < -0.3 is 4.74 Å². The average molecular weight is 543 g/mol. The number of ether oxygens (including phenoxy) is 1. The molecule has 3 aromatic rings. The fraction of sp³-hybridized carbons (Fsp3) is 0.0833. The summed E-state index contributed by atoms with van der Waals surface area (Å²) in [6.45, 7) is -0.0950. The number of benzene rings is 3. The van der Waals surface area contributed by atoms with Gasteiger partial charge >= 0.3 is 0 Å². The summed E-state index contributed by atoms with van der Waals surface area (Å²) in [7, 11) is 0. The number of nitro benzene ring substituents is 1. The van der Waals surface area contributed by atoms with Crippen molar-refractivity contribution in [2.75, 3.05) is 0 Å². The summed E-state index contributed by atoms with van der Waals surface area (Å²) in [5.41, 5.74) is 1.35. The minimum atomic E-state index is -0.525. The fourth-order valence-corrected chi connectivity index (χ4v) is 4.47. The van der Waals surface area contributed by atoms with Gasteiger partial charge in [-0.15, -0.1) is 0 Å². The van der Waals surface area contributed by atoms with Gasteiger partial charge in [0.2, 0.25) is 0 Å². The van der Waals surface area contributed by atoms with Crippen molar-refractivity contribution in [2.24, 2.45) is 0 Å². The average Bonchev–Trinajstić information content (AvgIpc) is 3.07. The molecule has 34 heavy (non-hydrogen) atoms. The second kappa shape index (κ2) is 10.2. The van der Waals surface area contributed by atoms with Crippen molar-refractivity contribution in [3.05, 3.63) is 109 Å². The van der Waals surface area contributed by atoms with E-state index >= 15 is 0 Å². The van der Waals surface area contributed by atoms with Crippen LogP contribution in [0.25, 0.3) is 6.08 Å². The van der Waals surface area contributed by atoms with Gasteiger partial charge in [0.05, 0.1) is 16.4 Å². The smallest absolute Gasteiger partial charge is 0.293 e. The van der Waals surface area contributed by atoms with Crippen LogP contribution in [0, 0.1) is 15.9 Å². The number of non-ortho nitro benzene ring substituents is 1. The standard InChI is InChI=1S/C24H16BrFN2O5S/c25-18-8-9-21(33-14-15-4-3-6-19(10-15)28(31)32)17(11-18)12-22-23(29)27(24(30)34-22)13-16-5-1-2-7-20(16)26/h1-12H,13-14H2/b22-12-. The first kappa shape index (κ1) is 23.7. The maximum Gasteiger partial charge on any atom is 0.293 e. The molecule has 1 aliphatic rings. The highest BCUT2D eigenvalue weighted by Crippen LogP contribution is 2.36. The van der Waals surface area contributed by atoms with Crippen molar-refractivity contribution >= 4 is 50.6 Å². The Hall–Kier alpha value is -3.50. The number of carbonyl (C=O) groups is 2. The quantitative estimate of drug-likeness (QED) is 0.197. The fourth-order valence-electron chi connectivity index (χ4n) is 3.26. The van der Waals surface area contributed by atoms with Crippen LogP contribution in [-0.4, -0.2) is 21.0 Å². The zero-order valence-electron chi connectivity index (χ0n) is 17.4. The Morgan fingerprint density at radius 1 is 1.09 bits per heavy atom. The predicted octanol–water partition coefficient (Wildman–Crippen LogP) is 6.31. The Bertz CT molecular complexity index is 1330. The molecule has 2 amide bonds. The summed E-state index contributed by atoms with van der Waals surface area (Å²) in [5.74, 6) is -0.590. The Labute approximate surface area is 206 Å². The second-order valence-corrected chi connectivity index (χ2v) is 9.17. The third-order valence-electron chi connectivity index (χ3n) is 4.93. The van der Waals surface area contributed by atoms with Crippen molar-refractivity contribution in [3.63, 3.8) is 0 Å². The third-order valence-corrected chi connectivity index (χ3v) is 6.33. The summed E-state index contributed by atoms with van der Waals surface area (Å²) in [6, 6.07) is 17.2. The molecule has 10 heteroatoms. The normalized spacial score (nSPS) is 14.6. The highest BCUT2D eigenvalue weighted by atomic mass is 79.9. The van der Waals surface area contributed by atoms with E-state index in [0.29, 0.717) is 16.9 Å². The van der Waals surface area contributed by atoms with Gasteiger partial charge in [0.1, 0.15) is 18.2 Å². The van der Waals surface area contributed by atoms with E-state index in [2.05, 4.69) is 15.9 Å². The van der Waals surface area contributed by atoms with Crippen LogP contribution >= 0.6 is 27.7 Å². The zero-order chi connectivity index (χ0) is 24.2. The maximum atomic E-state index is 14.0. The first-order chi connectivity index (χ1) is 16.3. The molecule has 172 valence electrons. The van der Waals surface area contributed by atoms with Gasteiger partial charge in [0.15, 0.2) is 0 Å². The Morgan fingerprint density at radius 3 is 2.65 bits per heavy atom. The molecule has 0 radical (unpaired) electrons. The Morgan fingerprint density at radius 2 is 1.88 bits per heavy atom. The van der Waals surface area contributed by atoms with Crippen LogP contribution in [0.15, 0.2) is 76.1 Å². The van der Waals surface area contributed by atoms with Crippen LogP contribution in [-0.2, 0) is 17.9 Å². The lowest BCUT2D eigenvalue weighted by Crippen LogP contribution is -2.27. The molecule has 0 aromatic heterocycles. The lowest BCUT2D eigenvalue weighted by Gasteiger charge is -2.13. The molecular formula is C24H16BrFN2O5S. The number of carbonyl (C=O) groups excluding carboxylic acids is 2. The number of rotatable bonds is 7. The largest absolute Gasteiger partial charge is 0.488 e. The number of imide groups is 1. The van der Waals surface area contributed by atoms with Crippen LogP contribution in [0.3, 0.4) is 0 Å². The summed E-state index contributed by atoms with van der Waals surface area (Å²) < 4.78 is 20.6. The van der Waals surface area contributed by atoms with Gasteiger partial charge in [-0.1, -0.05) is 46.3 Å². The number of halogens is 2. The Kier molecular flexibility index (Phi) is 7.09. The first-order valence-corrected chi connectivity index (χ1v) is 11.6. The molecule has 1 heterocycles.